The maximum atomic E-state index is 10.3. The Morgan fingerprint density at radius 3 is 3.00 bits per heavy atom. The zero-order valence-corrected chi connectivity index (χ0v) is 9.11. The minimum Gasteiger partial charge on any atom is -0.481 e. The molecule has 0 aromatic carbocycles. The predicted molar refractivity (Wildman–Crippen MR) is 57.8 cm³/mol. The smallest absolute Gasteiger partial charge is 0.303 e. The topological polar surface area (TPSA) is 52.6 Å². The number of carboxylic acid groups (broad SMARTS) is 1. The minimum atomic E-state index is -0.688. The van der Waals surface area contributed by atoms with Gasteiger partial charge in [-0.3, -0.25) is 4.79 Å². The van der Waals surface area contributed by atoms with E-state index in [1.807, 2.05) is 0 Å². The van der Waals surface area contributed by atoms with Crippen LogP contribution >= 0.6 is 0 Å². The molecular formula is C11H20N2O2. The second kappa shape index (κ2) is 4.94. The van der Waals surface area contributed by atoms with Gasteiger partial charge >= 0.3 is 5.97 Å². The summed E-state index contributed by atoms with van der Waals surface area (Å²) in [5.41, 5.74) is 0. The third kappa shape index (κ3) is 2.92. The molecule has 0 spiro atoms. The number of nitrogens with one attached hydrogen (secondary N) is 1. The molecule has 2 rings (SSSR count). The number of piperidine rings is 1. The molecule has 2 bridgehead atoms. The van der Waals surface area contributed by atoms with Crippen molar-refractivity contribution in [1.29, 1.82) is 0 Å². The standard InChI is InChI=1S/C11H20N2O2/c14-11(15)2-1-5-12-10-4-7-13-6-3-9(10)8-13/h9-10,12H,1-8H2,(H,14,15). The van der Waals surface area contributed by atoms with Crippen LogP contribution in [0.1, 0.15) is 25.7 Å². The maximum Gasteiger partial charge on any atom is 0.303 e. The molecule has 2 aliphatic heterocycles. The SMILES string of the molecule is O=C(O)CCCNC1CCN2CCC1C2. The van der Waals surface area contributed by atoms with E-state index in [0.29, 0.717) is 6.04 Å². The lowest BCUT2D eigenvalue weighted by Gasteiger charge is -2.31. The summed E-state index contributed by atoms with van der Waals surface area (Å²) in [7, 11) is 0. The van der Waals surface area contributed by atoms with Crippen molar-refractivity contribution in [3.05, 3.63) is 0 Å². The van der Waals surface area contributed by atoms with Gasteiger partial charge in [0.15, 0.2) is 0 Å². The van der Waals surface area contributed by atoms with Crippen LogP contribution in [0.4, 0.5) is 0 Å². The molecule has 2 N–H and O–H groups in total. The number of carbonyl (C=O) groups is 1. The molecule has 3 unspecified atom stereocenters. The van der Waals surface area contributed by atoms with Gasteiger partial charge in [0.25, 0.3) is 0 Å². The number of fused-ring (bicyclic) bond motifs is 2. The summed E-state index contributed by atoms with van der Waals surface area (Å²) < 4.78 is 0. The van der Waals surface area contributed by atoms with E-state index < -0.39 is 5.97 Å². The summed E-state index contributed by atoms with van der Waals surface area (Å²) in [5.74, 6) is 0.121. The van der Waals surface area contributed by atoms with Gasteiger partial charge in [0.1, 0.15) is 0 Å². The molecule has 2 aliphatic rings. The fraction of sp³-hybridized carbons (Fsp3) is 0.909. The second-order valence-electron chi connectivity index (χ2n) is 4.70. The highest BCUT2D eigenvalue weighted by Gasteiger charge is 2.33. The van der Waals surface area contributed by atoms with E-state index in [-0.39, 0.29) is 6.42 Å². The zero-order valence-electron chi connectivity index (χ0n) is 9.11. The van der Waals surface area contributed by atoms with Gasteiger partial charge in [-0.05, 0) is 44.8 Å². The third-order valence-corrected chi connectivity index (χ3v) is 3.61. The first-order valence-electron chi connectivity index (χ1n) is 5.93. The second-order valence-corrected chi connectivity index (χ2v) is 4.70. The fourth-order valence-corrected chi connectivity index (χ4v) is 2.75. The Morgan fingerprint density at radius 1 is 1.40 bits per heavy atom. The van der Waals surface area contributed by atoms with Gasteiger partial charge in [-0.1, -0.05) is 0 Å². The fourth-order valence-electron chi connectivity index (χ4n) is 2.75. The number of nitrogens with zero attached hydrogens (tertiary/aromatic N) is 1. The van der Waals surface area contributed by atoms with Gasteiger partial charge in [-0.15, -0.1) is 0 Å². The summed E-state index contributed by atoms with van der Waals surface area (Å²) in [6.45, 7) is 4.58. The largest absolute Gasteiger partial charge is 0.481 e. The Hall–Kier alpha value is -0.610. The van der Waals surface area contributed by atoms with Crippen LogP contribution in [-0.2, 0) is 4.79 Å². The van der Waals surface area contributed by atoms with Gasteiger partial charge in [-0.25, -0.2) is 0 Å². The first kappa shape index (κ1) is 10.9. The van der Waals surface area contributed by atoms with Crippen molar-refractivity contribution in [2.75, 3.05) is 26.2 Å². The van der Waals surface area contributed by atoms with E-state index in [2.05, 4.69) is 10.2 Å². The lowest BCUT2D eigenvalue weighted by atomic mass is 9.94. The molecule has 0 radical (unpaired) electrons. The van der Waals surface area contributed by atoms with E-state index >= 15 is 0 Å². The third-order valence-electron chi connectivity index (χ3n) is 3.61. The zero-order chi connectivity index (χ0) is 10.7. The van der Waals surface area contributed by atoms with Gasteiger partial charge in [0, 0.05) is 19.0 Å². The van der Waals surface area contributed by atoms with Crippen molar-refractivity contribution in [1.82, 2.24) is 10.2 Å². The lowest BCUT2D eigenvalue weighted by molar-refractivity contribution is -0.137. The van der Waals surface area contributed by atoms with Crippen LogP contribution in [-0.4, -0.2) is 48.2 Å². The normalized spacial score (nSPS) is 34.3. The Labute approximate surface area is 90.6 Å². The van der Waals surface area contributed by atoms with Gasteiger partial charge < -0.3 is 15.3 Å². The van der Waals surface area contributed by atoms with Crippen molar-refractivity contribution in [3.63, 3.8) is 0 Å². The molecule has 3 atom stereocenters. The van der Waals surface area contributed by atoms with E-state index in [0.717, 1.165) is 18.9 Å². The Bertz CT molecular complexity index is 233. The number of hydrogen-bond acceptors (Lipinski definition) is 3. The molecule has 2 saturated heterocycles. The van der Waals surface area contributed by atoms with Crippen LogP contribution < -0.4 is 5.32 Å². The first-order chi connectivity index (χ1) is 7.25. The molecule has 2 fully saturated rings. The molecule has 4 heteroatoms. The molecular weight excluding hydrogens is 192 g/mol. The Kier molecular flexibility index (Phi) is 3.59. The highest BCUT2D eigenvalue weighted by atomic mass is 16.4. The number of rotatable bonds is 5. The van der Waals surface area contributed by atoms with E-state index in [9.17, 15) is 4.79 Å². The van der Waals surface area contributed by atoms with Crippen LogP contribution in [0.3, 0.4) is 0 Å². The molecule has 2 heterocycles. The van der Waals surface area contributed by atoms with Crippen LogP contribution in [0.2, 0.25) is 0 Å². The Balaban J connectivity index is 1.64. The van der Waals surface area contributed by atoms with Crippen molar-refractivity contribution >= 4 is 5.97 Å². The van der Waals surface area contributed by atoms with Crippen LogP contribution in [0.5, 0.6) is 0 Å². The van der Waals surface area contributed by atoms with Crippen LogP contribution in [0, 0.1) is 5.92 Å². The summed E-state index contributed by atoms with van der Waals surface area (Å²) in [4.78, 5) is 12.9. The highest BCUT2D eigenvalue weighted by molar-refractivity contribution is 5.66. The van der Waals surface area contributed by atoms with E-state index in [4.69, 9.17) is 5.11 Å². The lowest BCUT2D eigenvalue weighted by Crippen LogP contribution is -2.44. The molecule has 0 saturated carbocycles. The minimum absolute atomic E-state index is 0.288. The quantitative estimate of drug-likeness (QED) is 0.653. The summed E-state index contributed by atoms with van der Waals surface area (Å²) in [6, 6.07) is 0.637. The van der Waals surface area contributed by atoms with Crippen molar-refractivity contribution in [2.45, 2.75) is 31.7 Å². The molecule has 15 heavy (non-hydrogen) atoms. The molecule has 86 valence electrons. The average molecular weight is 212 g/mol. The number of hydrogen-bond donors (Lipinski definition) is 2. The van der Waals surface area contributed by atoms with Crippen molar-refractivity contribution in [2.24, 2.45) is 5.92 Å². The molecule has 0 aromatic rings. The van der Waals surface area contributed by atoms with Gasteiger partial charge in [-0.2, -0.15) is 0 Å². The predicted octanol–water partition coefficient (Wildman–Crippen LogP) is 0.535. The Morgan fingerprint density at radius 2 is 2.20 bits per heavy atom. The number of aliphatic carboxylic acids is 1. The summed E-state index contributed by atoms with van der Waals surface area (Å²) >= 11 is 0. The van der Waals surface area contributed by atoms with Crippen molar-refractivity contribution in [3.8, 4) is 0 Å². The monoisotopic (exact) mass is 212 g/mol. The summed E-state index contributed by atoms with van der Waals surface area (Å²) in [6.07, 6.45) is 3.59. The van der Waals surface area contributed by atoms with E-state index in [1.165, 1.54) is 32.5 Å². The van der Waals surface area contributed by atoms with Crippen LogP contribution in [0.25, 0.3) is 0 Å². The molecule has 0 aliphatic carbocycles. The van der Waals surface area contributed by atoms with E-state index in [1.54, 1.807) is 0 Å². The van der Waals surface area contributed by atoms with Gasteiger partial charge in [0.05, 0.1) is 0 Å². The van der Waals surface area contributed by atoms with Gasteiger partial charge in [0.2, 0.25) is 0 Å². The summed E-state index contributed by atoms with van der Waals surface area (Å²) in [5, 5.41) is 12.0. The van der Waals surface area contributed by atoms with Crippen molar-refractivity contribution < 1.29 is 9.90 Å². The molecule has 4 nitrogen and oxygen atoms in total. The van der Waals surface area contributed by atoms with Crippen LogP contribution in [0.15, 0.2) is 0 Å². The number of carboxylic acids is 1. The molecule has 0 amide bonds. The molecule has 0 aromatic heterocycles. The highest BCUT2D eigenvalue weighted by Crippen LogP contribution is 2.26. The maximum absolute atomic E-state index is 10.3. The average Bonchev–Trinajstić information content (AvgIpc) is 2.58. The first-order valence-corrected chi connectivity index (χ1v) is 5.93.